The minimum absolute atomic E-state index is 1.10. The number of benzene rings is 1. The fourth-order valence-corrected chi connectivity index (χ4v) is 2.04. The van der Waals surface area contributed by atoms with E-state index in [1.165, 1.54) is 29.5 Å². The number of nitrogens with one attached hydrogen (secondary N) is 1. The van der Waals surface area contributed by atoms with E-state index in [0.29, 0.717) is 0 Å². The van der Waals surface area contributed by atoms with Gasteiger partial charge in [-0.3, -0.25) is 4.98 Å². The molecule has 1 aromatic heterocycles. The summed E-state index contributed by atoms with van der Waals surface area (Å²) in [6.45, 7) is 1.10. The summed E-state index contributed by atoms with van der Waals surface area (Å²) in [5.41, 5.74) is 3.80. The van der Waals surface area contributed by atoms with Crippen molar-refractivity contribution in [2.75, 3.05) is 11.9 Å². The summed E-state index contributed by atoms with van der Waals surface area (Å²) in [6, 6.07) is 8.50. The van der Waals surface area contributed by atoms with E-state index in [-0.39, 0.29) is 0 Å². The number of nitrogens with zero attached hydrogens (tertiary/aromatic N) is 1. The van der Waals surface area contributed by atoms with Gasteiger partial charge in [0.25, 0.3) is 0 Å². The molecule has 2 heteroatoms. The van der Waals surface area contributed by atoms with E-state index in [2.05, 4.69) is 28.5 Å². The lowest BCUT2D eigenvalue weighted by Gasteiger charge is -2.18. The summed E-state index contributed by atoms with van der Waals surface area (Å²) in [4.78, 5) is 4.36. The maximum Gasteiger partial charge on any atom is 0.0706 e. The average Bonchev–Trinajstić information content (AvgIpc) is 2.26. The van der Waals surface area contributed by atoms with Crippen LogP contribution in [0.5, 0.6) is 0 Å². The van der Waals surface area contributed by atoms with Crippen molar-refractivity contribution in [1.82, 2.24) is 4.98 Å². The largest absolute Gasteiger partial charge is 0.385 e. The summed E-state index contributed by atoms with van der Waals surface area (Å²) >= 11 is 0. The summed E-state index contributed by atoms with van der Waals surface area (Å²) in [6.07, 6.45) is 4.26. The zero-order chi connectivity index (χ0) is 9.38. The molecule has 14 heavy (non-hydrogen) atoms. The van der Waals surface area contributed by atoms with Crippen LogP contribution in [0.25, 0.3) is 10.9 Å². The minimum atomic E-state index is 1.10. The van der Waals surface area contributed by atoms with Crippen molar-refractivity contribution in [3.8, 4) is 0 Å². The first kappa shape index (κ1) is 7.80. The maximum absolute atomic E-state index is 4.36. The molecule has 2 heterocycles. The molecule has 0 spiro atoms. The predicted octanol–water partition coefficient (Wildman–Crippen LogP) is 2.59. The van der Waals surface area contributed by atoms with Crippen LogP contribution in [0.4, 0.5) is 5.69 Å². The summed E-state index contributed by atoms with van der Waals surface area (Å²) in [7, 11) is 0. The van der Waals surface area contributed by atoms with Gasteiger partial charge in [0, 0.05) is 23.8 Å². The van der Waals surface area contributed by atoms with Gasteiger partial charge in [0.15, 0.2) is 0 Å². The molecule has 0 atom stereocenters. The molecule has 0 saturated carbocycles. The summed E-state index contributed by atoms with van der Waals surface area (Å²) in [5.74, 6) is 0. The number of fused-ring (bicyclic) bond motifs is 2. The Morgan fingerprint density at radius 3 is 3.29 bits per heavy atom. The molecule has 0 saturated heterocycles. The molecule has 70 valence electrons. The second-order valence-electron chi connectivity index (χ2n) is 3.74. The van der Waals surface area contributed by atoms with Gasteiger partial charge in [0.1, 0.15) is 0 Å². The topological polar surface area (TPSA) is 24.9 Å². The Hall–Kier alpha value is -1.57. The van der Waals surface area contributed by atoms with E-state index in [1.807, 2.05) is 12.3 Å². The second kappa shape index (κ2) is 2.98. The van der Waals surface area contributed by atoms with Gasteiger partial charge in [0.2, 0.25) is 0 Å². The highest BCUT2D eigenvalue weighted by Crippen LogP contribution is 2.26. The molecular formula is C12H12N2. The van der Waals surface area contributed by atoms with Crippen molar-refractivity contribution in [3.63, 3.8) is 0 Å². The molecule has 0 amide bonds. The minimum Gasteiger partial charge on any atom is -0.385 e. The molecule has 0 unspecified atom stereocenters. The number of aromatic nitrogens is 1. The van der Waals surface area contributed by atoms with E-state index in [0.717, 1.165) is 12.1 Å². The van der Waals surface area contributed by atoms with Crippen molar-refractivity contribution in [2.45, 2.75) is 12.8 Å². The normalized spacial score (nSPS) is 14.9. The number of anilines is 1. The van der Waals surface area contributed by atoms with Crippen LogP contribution < -0.4 is 5.32 Å². The molecule has 1 aliphatic heterocycles. The van der Waals surface area contributed by atoms with Gasteiger partial charge in [-0.15, -0.1) is 0 Å². The fraction of sp³-hybridized carbons (Fsp3) is 0.250. The number of hydrogen-bond donors (Lipinski definition) is 1. The number of hydrogen-bond acceptors (Lipinski definition) is 2. The van der Waals surface area contributed by atoms with Crippen LogP contribution in [-0.2, 0) is 6.42 Å². The number of aryl methyl sites for hydroxylation is 1. The monoisotopic (exact) mass is 184 g/mol. The summed E-state index contributed by atoms with van der Waals surface area (Å²) < 4.78 is 0. The number of pyridine rings is 1. The van der Waals surface area contributed by atoms with Crippen LogP contribution in [0.15, 0.2) is 30.5 Å². The molecule has 0 aliphatic carbocycles. The van der Waals surface area contributed by atoms with E-state index in [9.17, 15) is 0 Å². The highest BCUT2D eigenvalue weighted by Gasteiger charge is 2.09. The van der Waals surface area contributed by atoms with Gasteiger partial charge in [-0.25, -0.2) is 0 Å². The molecule has 3 rings (SSSR count). The zero-order valence-electron chi connectivity index (χ0n) is 7.96. The quantitative estimate of drug-likeness (QED) is 0.680. The SMILES string of the molecule is c1cnc2cc3c(cc2c1)NCCC3. The van der Waals surface area contributed by atoms with Crippen molar-refractivity contribution in [1.29, 1.82) is 0 Å². The molecule has 0 fully saturated rings. The average molecular weight is 184 g/mol. The van der Waals surface area contributed by atoms with Crippen molar-refractivity contribution >= 4 is 16.6 Å². The Morgan fingerprint density at radius 2 is 2.29 bits per heavy atom. The van der Waals surface area contributed by atoms with E-state index >= 15 is 0 Å². The van der Waals surface area contributed by atoms with Crippen LogP contribution in [0.1, 0.15) is 12.0 Å². The third-order valence-electron chi connectivity index (χ3n) is 2.77. The maximum atomic E-state index is 4.36. The molecule has 1 N–H and O–H groups in total. The summed E-state index contributed by atoms with van der Waals surface area (Å²) in [5, 5.41) is 4.65. The first-order valence-corrected chi connectivity index (χ1v) is 5.05. The smallest absolute Gasteiger partial charge is 0.0706 e. The Balaban J connectivity index is 2.27. The first-order valence-electron chi connectivity index (χ1n) is 5.05. The van der Waals surface area contributed by atoms with Crippen molar-refractivity contribution < 1.29 is 0 Å². The third-order valence-corrected chi connectivity index (χ3v) is 2.77. The Morgan fingerprint density at radius 1 is 1.29 bits per heavy atom. The van der Waals surface area contributed by atoms with Crippen LogP contribution in [0.3, 0.4) is 0 Å². The van der Waals surface area contributed by atoms with Gasteiger partial charge in [-0.1, -0.05) is 6.07 Å². The van der Waals surface area contributed by atoms with Crippen LogP contribution in [-0.4, -0.2) is 11.5 Å². The molecule has 1 aromatic carbocycles. The number of rotatable bonds is 0. The van der Waals surface area contributed by atoms with E-state index in [1.54, 1.807) is 0 Å². The highest BCUT2D eigenvalue weighted by molar-refractivity contribution is 5.84. The lowest BCUT2D eigenvalue weighted by molar-refractivity contribution is 0.831. The van der Waals surface area contributed by atoms with Gasteiger partial charge in [-0.05, 0) is 36.6 Å². The predicted molar refractivity (Wildman–Crippen MR) is 58.6 cm³/mol. The lowest BCUT2D eigenvalue weighted by Crippen LogP contribution is -2.11. The fourth-order valence-electron chi connectivity index (χ4n) is 2.04. The molecule has 0 bridgehead atoms. The molecular weight excluding hydrogens is 172 g/mol. The molecule has 2 nitrogen and oxygen atoms in total. The van der Waals surface area contributed by atoms with Gasteiger partial charge >= 0.3 is 0 Å². The van der Waals surface area contributed by atoms with Crippen LogP contribution in [0, 0.1) is 0 Å². The van der Waals surface area contributed by atoms with Gasteiger partial charge in [-0.2, -0.15) is 0 Å². The lowest BCUT2D eigenvalue weighted by atomic mass is 10.0. The standard InChI is InChI=1S/C12H12N2/c1-3-9-7-12-10(4-2-6-14-12)8-11(9)13-5-1/h1,3,5,7-8,14H,2,4,6H2. The molecule has 2 aromatic rings. The Bertz CT molecular complexity index is 432. The van der Waals surface area contributed by atoms with E-state index in [4.69, 9.17) is 0 Å². The van der Waals surface area contributed by atoms with Crippen LogP contribution >= 0.6 is 0 Å². The van der Waals surface area contributed by atoms with Gasteiger partial charge in [0.05, 0.1) is 5.52 Å². The van der Waals surface area contributed by atoms with Crippen molar-refractivity contribution in [2.24, 2.45) is 0 Å². The first-order chi connectivity index (χ1) is 6.93. The molecule has 0 radical (unpaired) electrons. The Labute approximate surface area is 83.0 Å². The highest BCUT2D eigenvalue weighted by atomic mass is 14.9. The third kappa shape index (κ3) is 1.15. The zero-order valence-corrected chi connectivity index (χ0v) is 7.96. The van der Waals surface area contributed by atoms with Crippen molar-refractivity contribution in [3.05, 3.63) is 36.0 Å². The second-order valence-corrected chi connectivity index (χ2v) is 3.74. The van der Waals surface area contributed by atoms with Gasteiger partial charge < -0.3 is 5.32 Å². The van der Waals surface area contributed by atoms with E-state index < -0.39 is 0 Å². The Kier molecular flexibility index (Phi) is 1.66. The van der Waals surface area contributed by atoms with Crippen LogP contribution in [0.2, 0.25) is 0 Å². The molecule has 1 aliphatic rings.